The lowest BCUT2D eigenvalue weighted by Crippen LogP contribution is -2.46. The van der Waals surface area contributed by atoms with Crippen LogP contribution < -0.4 is 5.32 Å². The van der Waals surface area contributed by atoms with Crippen LogP contribution in [0.4, 0.5) is 0 Å². The van der Waals surface area contributed by atoms with Gasteiger partial charge in [0.15, 0.2) is 0 Å². The quantitative estimate of drug-likeness (QED) is 0.657. The van der Waals surface area contributed by atoms with Crippen LogP contribution in [-0.2, 0) is 0 Å². The Balaban J connectivity index is 4.13. The van der Waals surface area contributed by atoms with Crippen molar-refractivity contribution in [2.75, 3.05) is 32.1 Å². The van der Waals surface area contributed by atoms with Crippen LogP contribution in [0.1, 0.15) is 33.6 Å². The molecular weight excluding hydrogens is 204 g/mol. The molecule has 0 bridgehead atoms. The van der Waals surface area contributed by atoms with Crippen LogP contribution in [-0.4, -0.2) is 49.1 Å². The molecule has 0 aromatic heterocycles. The van der Waals surface area contributed by atoms with Gasteiger partial charge in [-0.2, -0.15) is 11.8 Å². The minimum absolute atomic E-state index is 0.682. The minimum Gasteiger partial charge on any atom is -0.315 e. The largest absolute Gasteiger partial charge is 0.315 e. The maximum Gasteiger partial charge on any atom is 0.0218 e. The predicted octanol–water partition coefficient (Wildman–Crippen LogP) is 2.45. The van der Waals surface area contributed by atoms with Crippen LogP contribution in [0.5, 0.6) is 0 Å². The zero-order valence-corrected chi connectivity index (χ0v) is 11.9. The monoisotopic (exact) mass is 232 g/mol. The molecule has 1 N–H and O–H groups in total. The second-order valence-electron chi connectivity index (χ2n) is 4.05. The SMILES string of the molecule is CCNCC(CC)N(C)C(CC)CSC. The van der Waals surface area contributed by atoms with Crippen molar-refractivity contribution in [2.45, 2.75) is 45.7 Å². The van der Waals surface area contributed by atoms with Gasteiger partial charge in [0.1, 0.15) is 0 Å². The van der Waals surface area contributed by atoms with Gasteiger partial charge in [0.2, 0.25) is 0 Å². The van der Waals surface area contributed by atoms with Gasteiger partial charge in [0, 0.05) is 24.4 Å². The molecule has 0 aliphatic heterocycles. The Bertz CT molecular complexity index is 142. The molecule has 0 fully saturated rings. The normalized spacial score (nSPS) is 15.6. The smallest absolute Gasteiger partial charge is 0.0218 e. The van der Waals surface area contributed by atoms with E-state index in [4.69, 9.17) is 0 Å². The van der Waals surface area contributed by atoms with Gasteiger partial charge in [-0.05, 0) is 32.7 Å². The summed E-state index contributed by atoms with van der Waals surface area (Å²) >= 11 is 1.95. The zero-order chi connectivity index (χ0) is 11.7. The fraction of sp³-hybridized carbons (Fsp3) is 1.00. The molecule has 0 saturated heterocycles. The fourth-order valence-corrected chi connectivity index (χ4v) is 2.76. The Morgan fingerprint density at radius 1 is 1.13 bits per heavy atom. The van der Waals surface area contributed by atoms with Crippen molar-refractivity contribution in [3.63, 3.8) is 0 Å². The molecular formula is C12H28N2S. The molecule has 0 aliphatic rings. The Hall–Kier alpha value is 0.270. The summed E-state index contributed by atoms with van der Waals surface area (Å²) in [5, 5.41) is 3.45. The Kier molecular flexibility index (Phi) is 9.66. The van der Waals surface area contributed by atoms with E-state index in [9.17, 15) is 0 Å². The summed E-state index contributed by atoms with van der Waals surface area (Å²) in [6.07, 6.45) is 4.68. The van der Waals surface area contributed by atoms with Gasteiger partial charge in [0.05, 0.1) is 0 Å². The standard InChI is InChI=1S/C12H28N2S/c1-6-11(9-13-8-3)14(4)12(7-2)10-15-5/h11-13H,6-10H2,1-5H3. The van der Waals surface area contributed by atoms with Gasteiger partial charge in [0.25, 0.3) is 0 Å². The van der Waals surface area contributed by atoms with Crippen LogP contribution in [0.25, 0.3) is 0 Å². The number of rotatable bonds is 9. The molecule has 2 unspecified atom stereocenters. The fourth-order valence-electron chi connectivity index (χ4n) is 1.90. The maximum atomic E-state index is 3.45. The molecule has 0 aliphatic carbocycles. The van der Waals surface area contributed by atoms with Crippen molar-refractivity contribution in [1.82, 2.24) is 10.2 Å². The molecule has 92 valence electrons. The lowest BCUT2D eigenvalue weighted by molar-refractivity contribution is 0.175. The molecule has 0 radical (unpaired) electrons. The van der Waals surface area contributed by atoms with Crippen molar-refractivity contribution in [2.24, 2.45) is 0 Å². The molecule has 0 aromatic rings. The summed E-state index contributed by atoms with van der Waals surface area (Å²) in [5.74, 6) is 1.25. The van der Waals surface area contributed by atoms with Gasteiger partial charge in [-0.1, -0.05) is 20.8 Å². The van der Waals surface area contributed by atoms with E-state index in [1.165, 1.54) is 18.6 Å². The summed E-state index contributed by atoms with van der Waals surface area (Å²) in [6.45, 7) is 8.94. The van der Waals surface area contributed by atoms with Gasteiger partial charge in [-0.3, -0.25) is 4.90 Å². The first-order valence-corrected chi connectivity index (χ1v) is 7.52. The second kappa shape index (κ2) is 9.49. The first kappa shape index (κ1) is 15.3. The van der Waals surface area contributed by atoms with E-state index in [2.05, 4.69) is 44.3 Å². The van der Waals surface area contributed by atoms with Gasteiger partial charge >= 0.3 is 0 Å². The molecule has 2 atom stereocenters. The average Bonchev–Trinajstić information content (AvgIpc) is 2.26. The van der Waals surface area contributed by atoms with Crippen LogP contribution in [0.15, 0.2) is 0 Å². The van der Waals surface area contributed by atoms with Gasteiger partial charge < -0.3 is 5.32 Å². The zero-order valence-electron chi connectivity index (χ0n) is 11.0. The number of hydrogen-bond donors (Lipinski definition) is 1. The van der Waals surface area contributed by atoms with Crippen LogP contribution in [0.2, 0.25) is 0 Å². The van der Waals surface area contributed by atoms with E-state index in [0.29, 0.717) is 6.04 Å². The highest BCUT2D eigenvalue weighted by molar-refractivity contribution is 7.98. The summed E-state index contributed by atoms with van der Waals surface area (Å²) in [6, 6.07) is 1.41. The molecule has 0 rings (SSSR count). The van der Waals surface area contributed by atoms with Crippen molar-refractivity contribution in [1.29, 1.82) is 0 Å². The first-order valence-electron chi connectivity index (χ1n) is 6.12. The van der Waals surface area contributed by atoms with Crippen molar-refractivity contribution in [3.05, 3.63) is 0 Å². The first-order chi connectivity index (χ1) is 7.21. The molecule has 2 nitrogen and oxygen atoms in total. The van der Waals surface area contributed by atoms with Crippen LogP contribution in [0, 0.1) is 0 Å². The molecule has 3 heteroatoms. The van der Waals surface area contributed by atoms with Crippen LogP contribution >= 0.6 is 11.8 Å². The highest BCUT2D eigenvalue weighted by atomic mass is 32.2. The molecule has 15 heavy (non-hydrogen) atoms. The summed E-state index contributed by atoms with van der Waals surface area (Å²) < 4.78 is 0. The Labute approximate surface area is 100 Å². The second-order valence-corrected chi connectivity index (χ2v) is 4.96. The number of thioether (sulfide) groups is 1. The van der Waals surface area contributed by atoms with E-state index in [0.717, 1.165) is 19.1 Å². The van der Waals surface area contributed by atoms with E-state index >= 15 is 0 Å². The number of nitrogens with zero attached hydrogens (tertiary/aromatic N) is 1. The van der Waals surface area contributed by atoms with E-state index < -0.39 is 0 Å². The van der Waals surface area contributed by atoms with E-state index in [-0.39, 0.29) is 0 Å². The van der Waals surface area contributed by atoms with Crippen molar-refractivity contribution in [3.8, 4) is 0 Å². The minimum atomic E-state index is 0.682. The van der Waals surface area contributed by atoms with E-state index in [1.54, 1.807) is 0 Å². The van der Waals surface area contributed by atoms with Crippen molar-refractivity contribution >= 4 is 11.8 Å². The number of likely N-dealkylation sites (N-methyl/N-ethyl adjacent to an activating group) is 2. The highest BCUT2D eigenvalue weighted by Crippen LogP contribution is 2.13. The third-order valence-electron chi connectivity index (χ3n) is 3.08. The van der Waals surface area contributed by atoms with Crippen molar-refractivity contribution < 1.29 is 0 Å². The highest BCUT2D eigenvalue weighted by Gasteiger charge is 2.19. The van der Waals surface area contributed by atoms with Gasteiger partial charge in [-0.25, -0.2) is 0 Å². The maximum absolute atomic E-state index is 3.45. The molecule has 0 amide bonds. The van der Waals surface area contributed by atoms with Crippen LogP contribution in [0.3, 0.4) is 0 Å². The summed E-state index contributed by atoms with van der Waals surface area (Å²) in [7, 11) is 2.27. The Morgan fingerprint density at radius 3 is 2.13 bits per heavy atom. The third kappa shape index (κ3) is 5.79. The number of hydrogen-bond acceptors (Lipinski definition) is 3. The molecule has 0 saturated carbocycles. The Morgan fingerprint density at radius 2 is 1.73 bits per heavy atom. The molecule has 0 heterocycles. The lowest BCUT2D eigenvalue weighted by Gasteiger charge is -2.34. The van der Waals surface area contributed by atoms with Gasteiger partial charge in [-0.15, -0.1) is 0 Å². The summed E-state index contributed by atoms with van der Waals surface area (Å²) in [5.41, 5.74) is 0. The predicted molar refractivity (Wildman–Crippen MR) is 72.8 cm³/mol. The lowest BCUT2D eigenvalue weighted by atomic mass is 10.1. The third-order valence-corrected chi connectivity index (χ3v) is 3.80. The summed E-state index contributed by atoms with van der Waals surface area (Å²) in [4.78, 5) is 2.55. The average molecular weight is 232 g/mol. The number of nitrogens with one attached hydrogen (secondary N) is 1. The topological polar surface area (TPSA) is 15.3 Å². The molecule has 0 aromatic carbocycles. The molecule has 0 spiro atoms. The van der Waals surface area contributed by atoms with E-state index in [1.807, 2.05) is 11.8 Å².